The molecule has 1 aliphatic carbocycles. The first-order valence-corrected chi connectivity index (χ1v) is 12.8. The van der Waals surface area contributed by atoms with Gasteiger partial charge >= 0.3 is 5.76 Å². The monoisotopic (exact) mass is 472 g/mol. The molecule has 0 spiro atoms. The third-order valence-corrected chi connectivity index (χ3v) is 8.13. The van der Waals surface area contributed by atoms with Crippen LogP contribution in [-0.2, 0) is 14.6 Å². The summed E-state index contributed by atoms with van der Waals surface area (Å²) in [6, 6.07) is 4.66. The number of benzene rings is 1. The Morgan fingerprint density at radius 3 is 2.39 bits per heavy atom. The second kappa shape index (κ2) is 9.25. The molecule has 0 radical (unpaired) electrons. The molecule has 2 heterocycles. The standard InChI is InChI=1S/C22H32N2O5S.ClH/c1-4-28-17-7-11-22(2,12-8-17)23-13-9-16(10-14-23)24-19-15-18(30(3,26)27)5-6-20(19)29-21(24)25;/h5-6,15-17H,4,7-14H2,1-3H3;1H/t17-,22-;. The second-order valence-electron chi connectivity index (χ2n) is 9.01. The fourth-order valence-electron chi connectivity index (χ4n) is 5.19. The fraction of sp³-hybridized carbons (Fsp3) is 0.682. The van der Waals surface area contributed by atoms with Crippen LogP contribution in [0.3, 0.4) is 0 Å². The number of fused-ring (bicyclic) bond motifs is 1. The summed E-state index contributed by atoms with van der Waals surface area (Å²) in [4.78, 5) is 15.3. The molecular formula is C22H33ClN2O5S. The van der Waals surface area contributed by atoms with Crippen molar-refractivity contribution in [2.45, 2.75) is 75.0 Å². The van der Waals surface area contributed by atoms with Gasteiger partial charge in [-0.3, -0.25) is 9.47 Å². The Labute approximate surface area is 190 Å². The van der Waals surface area contributed by atoms with E-state index in [1.54, 1.807) is 16.7 Å². The van der Waals surface area contributed by atoms with E-state index in [-0.39, 0.29) is 28.9 Å². The van der Waals surface area contributed by atoms with Crippen molar-refractivity contribution < 1.29 is 17.6 Å². The molecule has 7 nitrogen and oxygen atoms in total. The van der Waals surface area contributed by atoms with Gasteiger partial charge < -0.3 is 9.15 Å². The van der Waals surface area contributed by atoms with Crippen LogP contribution < -0.4 is 5.76 Å². The molecule has 1 aromatic carbocycles. The highest BCUT2D eigenvalue weighted by atomic mass is 35.5. The van der Waals surface area contributed by atoms with Crippen molar-refractivity contribution >= 4 is 33.3 Å². The van der Waals surface area contributed by atoms with Gasteiger partial charge in [-0.05, 0) is 70.6 Å². The molecule has 1 aliphatic heterocycles. The summed E-state index contributed by atoms with van der Waals surface area (Å²) in [6.45, 7) is 7.03. The number of aromatic nitrogens is 1. The van der Waals surface area contributed by atoms with Crippen LogP contribution >= 0.6 is 12.4 Å². The molecule has 174 valence electrons. The largest absolute Gasteiger partial charge is 0.420 e. The number of piperidine rings is 1. The molecule has 0 bridgehead atoms. The van der Waals surface area contributed by atoms with Crippen molar-refractivity contribution in [2.24, 2.45) is 0 Å². The summed E-state index contributed by atoms with van der Waals surface area (Å²) in [7, 11) is -3.35. The SMILES string of the molecule is CCO[C@H]1CC[C@](C)(N2CCC(n3c(=O)oc4ccc(S(C)(=O)=O)cc43)CC2)CC1.Cl. The minimum Gasteiger partial charge on any atom is -0.408 e. The van der Waals surface area contributed by atoms with E-state index in [4.69, 9.17) is 9.15 Å². The van der Waals surface area contributed by atoms with Gasteiger partial charge in [-0.25, -0.2) is 13.2 Å². The minimum atomic E-state index is -3.35. The molecule has 31 heavy (non-hydrogen) atoms. The number of oxazole rings is 1. The maximum absolute atomic E-state index is 12.6. The molecule has 1 aromatic heterocycles. The zero-order valence-electron chi connectivity index (χ0n) is 18.5. The van der Waals surface area contributed by atoms with Crippen LogP contribution in [-0.4, -0.2) is 55.5 Å². The summed E-state index contributed by atoms with van der Waals surface area (Å²) in [6.07, 6.45) is 7.74. The molecule has 0 amide bonds. The lowest BCUT2D eigenvalue weighted by Gasteiger charge is -2.48. The van der Waals surface area contributed by atoms with Crippen LogP contribution in [0.25, 0.3) is 11.1 Å². The van der Waals surface area contributed by atoms with Gasteiger partial charge in [0.1, 0.15) is 0 Å². The molecule has 0 unspecified atom stereocenters. The normalized spacial score (nSPS) is 26.1. The third kappa shape index (κ3) is 4.87. The maximum atomic E-state index is 12.6. The van der Waals surface area contributed by atoms with E-state index in [9.17, 15) is 13.2 Å². The van der Waals surface area contributed by atoms with Gasteiger partial charge in [0.15, 0.2) is 15.4 Å². The number of nitrogens with zero attached hydrogens (tertiary/aromatic N) is 2. The van der Waals surface area contributed by atoms with Crippen molar-refractivity contribution in [3.8, 4) is 0 Å². The van der Waals surface area contributed by atoms with Gasteiger partial charge in [0.2, 0.25) is 0 Å². The van der Waals surface area contributed by atoms with Crippen LogP contribution in [0.15, 0.2) is 32.3 Å². The number of likely N-dealkylation sites (tertiary alicyclic amines) is 1. The van der Waals surface area contributed by atoms with Gasteiger partial charge in [0.25, 0.3) is 0 Å². The van der Waals surface area contributed by atoms with E-state index in [2.05, 4.69) is 18.7 Å². The number of halogens is 1. The zero-order chi connectivity index (χ0) is 21.5. The molecule has 2 aromatic rings. The first-order valence-electron chi connectivity index (χ1n) is 10.9. The highest BCUT2D eigenvalue weighted by Crippen LogP contribution is 2.38. The summed E-state index contributed by atoms with van der Waals surface area (Å²) in [5.41, 5.74) is 1.20. The Morgan fingerprint density at radius 2 is 1.81 bits per heavy atom. The van der Waals surface area contributed by atoms with E-state index in [1.807, 2.05) is 0 Å². The van der Waals surface area contributed by atoms with Gasteiger partial charge in [-0.15, -0.1) is 12.4 Å². The quantitative estimate of drug-likeness (QED) is 0.658. The van der Waals surface area contributed by atoms with Crippen molar-refractivity contribution in [3.63, 3.8) is 0 Å². The van der Waals surface area contributed by atoms with Crippen LogP contribution in [0.1, 0.15) is 58.4 Å². The minimum absolute atomic E-state index is 0. The van der Waals surface area contributed by atoms with Gasteiger partial charge in [0.05, 0.1) is 16.5 Å². The fourth-order valence-corrected chi connectivity index (χ4v) is 5.83. The summed E-state index contributed by atoms with van der Waals surface area (Å²) >= 11 is 0. The molecule has 2 aliphatic rings. The summed E-state index contributed by atoms with van der Waals surface area (Å²) in [5, 5.41) is 0. The second-order valence-corrected chi connectivity index (χ2v) is 11.0. The number of hydrogen-bond acceptors (Lipinski definition) is 6. The van der Waals surface area contributed by atoms with E-state index >= 15 is 0 Å². The Bertz CT molecular complexity index is 1060. The lowest BCUT2D eigenvalue weighted by Crippen LogP contribution is -2.52. The maximum Gasteiger partial charge on any atom is 0.420 e. The molecular weight excluding hydrogens is 440 g/mol. The molecule has 2 fully saturated rings. The molecule has 0 atom stereocenters. The molecule has 1 saturated heterocycles. The van der Waals surface area contributed by atoms with Crippen LogP contribution in [0.5, 0.6) is 0 Å². The van der Waals surface area contributed by atoms with E-state index in [0.29, 0.717) is 17.2 Å². The lowest BCUT2D eigenvalue weighted by atomic mass is 9.79. The summed E-state index contributed by atoms with van der Waals surface area (Å²) in [5.74, 6) is -0.405. The first-order chi connectivity index (χ1) is 14.2. The van der Waals surface area contributed by atoms with Crippen LogP contribution in [0.2, 0.25) is 0 Å². The topological polar surface area (TPSA) is 81.8 Å². The van der Waals surface area contributed by atoms with Gasteiger partial charge in [0, 0.05) is 37.5 Å². The first kappa shape index (κ1) is 24.3. The number of hydrogen-bond donors (Lipinski definition) is 0. The molecule has 9 heteroatoms. The van der Waals surface area contributed by atoms with Crippen LogP contribution in [0, 0.1) is 0 Å². The zero-order valence-corrected chi connectivity index (χ0v) is 20.1. The van der Waals surface area contributed by atoms with E-state index in [1.165, 1.54) is 12.3 Å². The van der Waals surface area contributed by atoms with Crippen molar-refractivity contribution in [1.82, 2.24) is 9.47 Å². The van der Waals surface area contributed by atoms with Gasteiger partial charge in [-0.1, -0.05) is 0 Å². The third-order valence-electron chi connectivity index (χ3n) is 7.02. The van der Waals surface area contributed by atoms with Crippen LogP contribution in [0.4, 0.5) is 0 Å². The van der Waals surface area contributed by atoms with E-state index < -0.39 is 15.6 Å². The van der Waals surface area contributed by atoms with Crippen molar-refractivity contribution in [1.29, 1.82) is 0 Å². The number of sulfone groups is 1. The highest BCUT2D eigenvalue weighted by Gasteiger charge is 2.38. The molecule has 1 saturated carbocycles. The average molecular weight is 473 g/mol. The predicted molar refractivity (Wildman–Crippen MR) is 123 cm³/mol. The Morgan fingerprint density at radius 1 is 1.16 bits per heavy atom. The molecule has 4 rings (SSSR count). The number of ether oxygens (including phenoxy) is 1. The predicted octanol–water partition coefficient (Wildman–Crippen LogP) is 3.79. The number of rotatable bonds is 5. The van der Waals surface area contributed by atoms with Crippen molar-refractivity contribution in [3.05, 3.63) is 28.7 Å². The molecule has 0 N–H and O–H groups in total. The lowest BCUT2D eigenvalue weighted by molar-refractivity contribution is -0.0274. The average Bonchev–Trinajstić information content (AvgIpc) is 3.04. The Hall–Kier alpha value is -1.35. The Kier molecular flexibility index (Phi) is 7.25. The van der Waals surface area contributed by atoms with E-state index in [0.717, 1.165) is 58.2 Å². The summed E-state index contributed by atoms with van der Waals surface area (Å²) < 4.78 is 36.8. The Balaban J connectivity index is 0.00000272. The van der Waals surface area contributed by atoms with Gasteiger partial charge in [-0.2, -0.15) is 0 Å². The van der Waals surface area contributed by atoms with Crippen molar-refractivity contribution in [2.75, 3.05) is 26.0 Å². The smallest absolute Gasteiger partial charge is 0.408 e. The highest BCUT2D eigenvalue weighted by molar-refractivity contribution is 7.90.